The second-order valence-electron chi connectivity index (χ2n) is 7.32. The number of halogens is 3. The zero-order valence-corrected chi connectivity index (χ0v) is 15.0. The van der Waals surface area contributed by atoms with Gasteiger partial charge in [0.15, 0.2) is 5.69 Å². The molecular weight excluding hydrogens is 337 g/mol. The molecule has 0 aromatic carbocycles. The zero-order chi connectivity index (χ0) is 18.8. The maximum absolute atomic E-state index is 12.6. The lowest BCUT2D eigenvalue weighted by molar-refractivity contribution is -0.141. The van der Waals surface area contributed by atoms with E-state index in [9.17, 15) is 18.0 Å². The Kier molecular flexibility index (Phi) is 5.65. The number of hydrogen-bond acceptors (Lipinski definition) is 4. The summed E-state index contributed by atoms with van der Waals surface area (Å²) in [7, 11) is 1.72. The molecular formula is C16H25F3N4O2. The molecule has 1 amide bonds. The second-order valence-corrected chi connectivity index (χ2v) is 7.32. The molecule has 0 atom stereocenters. The van der Waals surface area contributed by atoms with E-state index in [0.717, 1.165) is 18.9 Å². The van der Waals surface area contributed by atoms with Crippen molar-refractivity contribution in [3.05, 3.63) is 18.0 Å². The number of rotatable bonds is 3. The topological polar surface area (TPSA) is 50.6 Å². The lowest BCUT2D eigenvalue weighted by atomic mass is 10.0. The molecule has 0 bridgehead atoms. The summed E-state index contributed by atoms with van der Waals surface area (Å²) in [6, 6.07) is 1.04. The number of carbonyl (C=O) groups is 1. The standard InChI is InChI=1S/C16H25F3N4O2/c1-15(2,3)25-14(24)21(4)12-5-8-22(9-6-12)11-23-10-7-13(20-23)16(17,18)19/h7,10,12H,5-6,8-9,11H2,1-4H3. The van der Waals surface area contributed by atoms with Crippen molar-refractivity contribution in [3.63, 3.8) is 0 Å². The molecule has 1 aromatic heterocycles. The summed E-state index contributed by atoms with van der Waals surface area (Å²) < 4.78 is 44.4. The van der Waals surface area contributed by atoms with E-state index in [-0.39, 0.29) is 12.1 Å². The van der Waals surface area contributed by atoms with Gasteiger partial charge in [-0.1, -0.05) is 0 Å². The average molecular weight is 362 g/mol. The lowest BCUT2D eigenvalue weighted by Gasteiger charge is -2.37. The van der Waals surface area contributed by atoms with E-state index in [0.29, 0.717) is 19.8 Å². The van der Waals surface area contributed by atoms with E-state index < -0.39 is 17.5 Å². The van der Waals surface area contributed by atoms with Gasteiger partial charge in [-0.25, -0.2) is 4.79 Å². The highest BCUT2D eigenvalue weighted by Gasteiger charge is 2.34. The van der Waals surface area contributed by atoms with Gasteiger partial charge in [0.2, 0.25) is 0 Å². The highest BCUT2D eigenvalue weighted by Crippen LogP contribution is 2.27. The van der Waals surface area contributed by atoms with Crippen molar-refractivity contribution < 1.29 is 22.7 Å². The molecule has 1 aliphatic rings. The molecule has 9 heteroatoms. The van der Waals surface area contributed by atoms with E-state index in [2.05, 4.69) is 5.10 Å². The second kappa shape index (κ2) is 7.23. The van der Waals surface area contributed by atoms with Crippen LogP contribution in [0.4, 0.5) is 18.0 Å². The Morgan fingerprint density at radius 1 is 1.32 bits per heavy atom. The zero-order valence-electron chi connectivity index (χ0n) is 15.0. The van der Waals surface area contributed by atoms with Crippen LogP contribution >= 0.6 is 0 Å². The maximum Gasteiger partial charge on any atom is 0.435 e. The number of hydrogen-bond donors (Lipinski definition) is 0. The number of carbonyl (C=O) groups excluding carboxylic acids is 1. The van der Waals surface area contributed by atoms with Crippen LogP contribution < -0.4 is 0 Å². The SMILES string of the molecule is CN(C(=O)OC(C)(C)C)C1CCN(Cn2ccc(C(F)(F)F)n2)CC1. The highest BCUT2D eigenvalue weighted by atomic mass is 19.4. The summed E-state index contributed by atoms with van der Waals surface area (Å²) in [5.74, 6) is 0. The van der Waals surface area contributed by atoms with E-state index in [4.69, 9.17) is 4.74 Å². The Morgan fingerprint density at radius 2 is 1.92 bits per heavy atom. The quantitative estimate of drug-likeness (QED) is 0.829. The number of alkyl halides is 3. The third kappa shape index (κ3) is 5.62. The van der Waals surface area contributed by atoms with Crippen LogP contribution in [-0.4, -0.2) is 57.5 Å². The van der Waals surface area contributed by atoms with Gasteiger partial charge >= 0.3 is 12.3 Å². The third-order valence-corrected chi connectivity index (χ3v) is 4.06. The Labute approximate surface area is 145 Å². The first kappa shape index (κ1) is 19.6. The molecule has 1 fully saturated rings. The summed E-state index contributed by atoms with van der Waals surface area (Å²) >= 11 is 0. The van der Waals surface area contributed by atoms with Crippen molar-refractivity contribution in [3.8, 4) is 0 Å². The fourth-order valence-corrected chi connectivity index (χ4v) is 2.73. The average Bonchev–Trinajstić information content (AvgIpc) is 2.94. The number of amides is 1. The molecule has 0 N–H and O–H groups in total. The molecule has 2 heterocycles. The fraction of sp³-hybridized carbons (Fsp3) is 0.750. The molecule has 0 radical (unpaired) electrons. The first-order chi connectivity index (χ1) is 11.5. The van der Waals surface area contributed by atoms with Crippen LogP contribution in [0.3, 0.4) is 0 Å². The molecule has 2 rings (SSSR count). The highest BCUT2D eigenvalue weighted by molar-refractivity contribution is 5.68. The minimum atomic E-state index is -4.42. The molecule has 1 aliphatic heterocycles. The molecule has 1 aromatic rings. The van der Waals surface area contributed by atoms with Crippen LogP contribution in [0.25, 0.3) is 0 Å². The van der Waals surface area contributed by atoms with Gasteiger partial charge in [0.05, 0.1) is 6.67 Å². The van der Waals surface area contributed by atoms with Crippen LogP contribution in [0, 0.1) is 0 Å². The Morgan fingerprint density at radius 3 is 2.40 bits per heavy atom. The van der Waals surface area contributed by atoms with Crippen LogP contribution in [0.5, 0.6) is 0 Å². The van der Waals surface area contributed by atoms with E-state index in [1.807, 2.05) is 25.7 Å². The van der Waals surface area contributed by atoms with Crippen molar-refractivity contribution in [2.75, 3.05) is 20.1 Å². The maximum atomic E-state index is 12.6. The van der Waals surface area contributed by atoms with Crippen LogP contribution in [-0.2, 0) is 17.6 Å². The lowest BCUT2D eigenvalue weighted by Crippen LogP contribution is -2.47. The molecule has 1 saturated heterocycles. The minimum absolute atomic E-state index is 0.0643. The van der Waals surface area contributed by atoms with Gasteiger partial charge in [0.1, 0.15) is 5.60 Å². The molecule has 6 nitrogen and oxygen atoms in total. The summed E-state index contributed by atoms with van der Waals surface area (Å²) in [6.45, 7) is 7.12. The Hall–Kier alpha value is -1.77. The van der Waals surface area contributed by atoms with Gasteiger partial charge in [-0.3, -0.25) is 9.58 Å². The van der Waals surface area contributed by atoms with Crippen molar-refractivity contribution in [2.45, 2.75) is 58.1 Å². The number of nitrogens with zero attached hydrogens (tertiary/aromatic N) is 4. The normalized spacial score (nSPS) is 17.6. The molecule has 0 unspecified atom stereocenters. The van der Waals surface area contributed by atoms with Gasteiger partial charge in [-0.2, -0.15) is 18.3 Å². The van der Waals surface area contributed by atoms with E-state index >= 15 is 0 Å². The number of ether oxygens (including phenoxy) is 1. The van der Waals surface area contributed by atoms with E-state index in [1.165, 1.54) is 10.9 Å². The predicted octanol–water partition coefficient (Wildman–Crippen LogP) is 3.19. The summed E-state index contributed by atoms with van der Waals surface area (Å²) in [5.41, 5.74) is -1.42. The summed E-state index contributed by atoms with van der Waals surface area (Å²) in [6.07, 6.45) is -1.96. The van der Waals surface area contributed by atoms with Crippen molar-refractivity contribution in [1.82, 2.24) is 19.6 Å². The smallest absolute Gasteiger partial charge is 0.435 e. The Bertz CT molecular complexity index is 587. The van der Waals surface area contributed by atoms with Gasteiger partial charge in [-0.05, 0) is 39.7 Å². The predicted molar refractivity (Wildman–Crippen MR) is 85.8 cm³/mol. The van der Waals surface area contributed by atoms with Gasteiger partial charge < -0.3 is 9.64 Å². The first-order valence-electron chi connectivity index (χ1n) is 8.24. The molecule has 25 heavy (non-hydrogen) atoms. The monoisotopic (exact) mass is 362 g/mol. The minimum Gasteiger partial charge on any atom is -0.444 e. The molecule has 0 saturated carbocycles. The number of piperidine rings is 1. The van der Waals surface area contributed by atoms with Gasteiger partial charge in [0.25, 0.3) is 0 Å². The summed E-state index contributed by atoms with van der Waals surface area (Å²) in [5, 5.41) is 3.56. The first-order valence-corrected chi connectivity index (χ1v) is 8.24. The summed E-state index contributed by atoms with van der Waals surface area (Å²) in [4.78, 5) is 15.7. The van der Waals surface area contributed by atoms with Gasteiger partial charge in [-0.15, -0.1) is 0 Å². The van der Waals surface area contributed by atoms with Crippen LogP contribution in [0.2, 0.25) is 0 Å². The van der Waals surface area contributed by atoms with Crippen molar-refractivity contribution in [1.29, 1.82) is 0 Å². The molecule has 0 aliphatic carbocycles. The molecule has 0 spiro atoms. The van der Waals surface area contributed by atoms with Crippen molar-refractivity contribution in [2.24, 2.45) is 0 Å². The number of aromatic nitrogens is 2. The number of likely N-dealkylation sites (tertiary alicyclic amines) is 1. The van der Waals surface area contributed by atoms with Crippen LogP contribution in [0.1, 0.15) is 39.3 Å². The Balaban J connectivity index is 1.83. The molecule has 142 valence electrons. The fourth-order valence-electron chi connectivity index (χ4n) is 2.73. The van der Waals surface area contributed by atoms with E-state index in [1.54, 1.807) is 11.9 Å². The third-order valence-electron chi connectivity index (χ3n) is 4.06. The largest absolute Gasteiger partial charge is 0.444 e. The van der Waals surface area contributed by atoms with Gasteiger partial charge in [0, 0.05) is 32.4 Å². The van der Waals surface area contributed by atoms with Crippen molar-refractivity contribution >= 4 is 6.09 Å². The van der Waals surface area contributed by atoms with Crippen LogP contribution in [0.15, 0.2) is 12.3 Å².